The molecule has 1 fully saturated rings. The highest BCUT2D eigenvalue weighted by molar-refractivity contribution is 5.96. The van der Waals surface area contributed by atoms with Gasteiger partial charge in [-0.25, -0.2) is 4.98 Å². The van der Waals surface area contributed by atoms with Crippen molar-refractivity contribution in [3.05, 3.63) is 70.6 Å². The molecular formula is C23H30ClN5O. The molecule has 3 heterocycles. The minimum Gasteiger partial charge on any atom is -0.336 e. The van der Waals surface area contributed by atoms with Crippen LogP contribution in [0, 0.1) is 27.7 Å². The highest BCUT2D eigenvalue weighted by atomic mass is 35.5. The zero-order chi connectivity index (χ0) is 20.7. The lowest BCUT2D eigenvalue weighted by atomic mass is 10.1. The number of carbonyl (C=O) groups is 1. The quantitative estimate of drug-likeness (QED) is 0.694. The smallest absolute Gasteiger partial charge is 0.256 e. The van der Waals surface area contributed by atoms with Crippen molar-refractivity contribution < 1.29 is 4.79 Å². The fraction of sp³-hybridized carbons (Fsp3) is 0.391. The molecule has 0 saturated carbocycles. The number of halogens is 1. The second-order valence-electron chi connectivity index (χ2n) is 8.08. The number of hydrogen-bond acceptors (Lipinski definition) is 3. The summed E-state index contributed by atoms with van der Waals surface area (Å²) in [6, 6.07) is 8.46. The lowest BCUT2D eigenvalue weighted by Crippen LogP contribution is -2.49. The lowest BCUT2D eigenvalue weighted by molar-refractivity contribution is 0.0620. The summed E-state index contributed by atoms with van der Waals surface area (Å²) in [5.74, 6) is 0.983. The van der Waals surface area contributed by atoms with E-state index in [0.717, 1.165) is 35.0 Å². The van der Waals surface area contributed by atoms with Crippen molar-refractivity contribution in [3.63, 3.8) is 0 Å². The number of imidazole rings is 1. The highest BCUT2D eigenvalue weighted by Gasteiger charge is 2.32. The predicted molar refractivity (Wildman–Crippen MR) is 122 cm³/mol. The van der Waals surface area contributed by atoms with E-state index in [4.69, 9.17) is 0 Å². The van der Waals surface area contributed by atoms with Crippen molar-refractivity contribution in [2.24, 2.45) is 7.05 Å². The Hall–Kier alpha value is -2.57. The Balaban J connectivity index is 0.00000256. The summed E-state index contributed by atoms with van der Waals surface area (Å²) < 4.78 is 4.18. The first-order valence-electron chi connectivity index (χ1n) is 10.1. The van der Waals surface area contributed by atoms with Crippen LogP contribution in [0.2, 0.25) is 0 Å². The Kier molecular flexibility index (Phi) is 6.38. The van der Waals surface area contributed by atoms with Gasteiger partial charge in [-0.2, -0.15) is 0 Å². The number of rotatable bonds is 3. The molecule has 160 valence electrons. The fourth-order valence-corrected chi connectivity index (χ4v) is 4.49. The van der Waals surface area contributed by atoms with Gasteiger partial charge in [0.1, 0.15) is 11.9 Å². The van der Waals surface area contributed by atoms with E-state index >= 15 is 0 Å². The zero-order valence-corrected chi connectivity index (χ0v) is 19.1. The third-order valence-corrected chi connectivity index (χ3v) is 5.79. The molecule has 0 radical (unpaired) electrons. The number of aromatic nitrogens is 3. The third kappa shape index (κ3) is 3.89. The van der Waals surface area contributed by atoms with Gasteiger partial charge in [0.05, 0.1) is 5.56 Å². The van der Waals surface area contributed by atoms with E-state index in [1.165, 1.54) is 11.1 Å². The summed E-state index contributed by atoms with van der Waals surface area (Å²) in [6.45, 7) is 10.5. The van der Waals surface area contributed by atoms with E-state index in [1.54, 1.807) is 6.20 Å². The number of carbonyl (C=O) groups excluding carboxylic acids is 1. The van der Waals surface area contributed by atoms with Crippen LogP contribution in [0.1, 0.15) is 44.7 Å². The Morgan fingerprint density at radius 3 is 2.43 bits per heavy atom. The van der Waals surface area contributed by atoms with Gasteiger partial charge in [-0.1, -0.05) is 6.07 Å². The van der Waals surface area contributed by atoms with Gasteiger partial charge < -0.3 is 19.4 Å². The highest BCUT2D eigenvalue weighted by Crippen LogP contribution is 2.27. The van der Waals surface area contributed by atoms with E-state index < -0.39 is 0 Å². The number of aryl methyl sites for hydroxylation is 4. The summed E-state index contributed by atoms with van der Waals surface area (Å²) in [4.78, 5) is 20.1. The number of nitrogens with zero attached hydrogens (tertiary/aromatic N) is 4. The molecule has 7 heteroatoms. The van der Waals surface area contributed by atoms with Crippen molar-refractivity contribution in [3.8, 4) is 5.69 Å². The number of piperazine rings is 1. The molecule has 6 nitrogen and oxygen atoms in total. The molecule has 1 aromatic carbocycles. The first-order valence-corrected chi connectivity index (χ1v) is 10.1. The SMILES string of the molecule is Cc1cc(C)cc(-n2c(C)cc(C(=O)N3CCNCC3c3nccn3C)c2C)c1.Cl. The Morgan fingerprint density at radius 1 is 1.10 bits per heavy atom. The summed E-state index contributed by atoms with van der Waals surface area (Å²) in [5, 5.41) is 3.40. The number of hydrogen-bond donors (Lipinski definition) is 1. The Bertz CT molecular complexity index is 1050. The number of nitrogens with one attached hydrogen (secondary N) is 1. The van der Waals surface area contributed by atoms with E-state index in [2.05, 4.69) is 53.8 Å². The fourth-order valence-electron chi connectivity index (χ4n) is 4.49. The lowest BCUT2D eigenvalue weighted by Gasteiger charge is -2.35. The number of benzene rings is 1. The summed E-state index contributed by atoms with van der Waals surface area (Å²) in [5.41, 5.74) is 6.36. The van der Waals surface area contributed by atoms with Crippen LogP contribution < -0.4 is 5.32 Å². The maximum atomic E-state index is 13.6. The largest absolute Gasteiger partial charge is 0.336 e. The molecule has 0 aliphatic carbocycles. The zero-order valence-electron chi connectivity index (χ0n) is 18.3. The average Bonchev–Trinajstić information content (AvgIpc) is 3.23. The van der Waals surface area contributed by atoms with E-state index in [0.29, 0.717) is 13.1 Å². The van der Waals surface area contributed by atoms with Gasteiger partial charge in [-0.05, 0) is 57.0 Å². The van der Waals surface area contributed by atoms with Gasteiger partial charge in [0.15, 0.2) is 0 Å². The third-order valence-electron chi connectivity index (χ3n) is 5.79. The molecule has 1 unspecified atom stereocenters. The van der Waals surface area contributed by atoms with Crippen molar-refractivity contribution in [2.45, 2.75) is 33.7 Å². The van der Waals surface area contributed by atoms with E-state index in [9.17, 15) is 4.79 Å². The van der Waals surface area contributed by atoms with Crippen LogP contribution in [-0.2, 0) is 7.05 Å². The normalized spacial score (nSPS) is 16.4. The van der Waals surface area contributed by atoms with Crippen LogP contribution in [0.3, 0.4) is 0 Å². The Morgan fingerprint density at radius 2 is 1.80 bits per heavy atom. The topological polar surface area (TPSA) is 55.1 Å². The van der Waals surface area contributed by atoms with Crippen molar-refractivity contribution in [2.75, 3.05) is 19.6 Å². The molecular weight excluding hydrogens is 398 g/mol. The predicted octanol–water partition coefficient (Wildman–Crippen LogP) is 3.65. The summed E-state index contributed by atoms with van der Waals surface area (Å²) in [7, 11) is 1.98. The molecule has 1 amide bonds. The minimum absolute atomic E-state index is 0. The first-order chi connectivity index (χ1) is 13.9. The molecule has 3 aromatic rings. The van der Waals surface area contributed by atoms with E-state index in [-0.39, 0.29) is 24.4 Å². The second-order valence-corrected chi connectivity index (χ2v) is 8.08. The molecule has 1 atom stereocenters. The van der Waals surface area contributed by atoms with Crippen LogP contribution in [0.5, 0.6) is 0 Å². The minimum atomic E-state index is -0.0690. The standard InChI is InChI=1S/C23H29N5O.ClH/c1-15-10-16(2)12-19(11-15)28-17(3)13-20(18(28)4)23(29)27-9-6-24-14-21(27)22-25-7-8-26(22)5;/h7-8,10-13,21,24H,6,9,14H2,1-5H3;1H. The van der Waals surface area contributed by atoms with Gasteiger partial charge in [0.25, 0.3) is 5.91 Å². The molecule has 4 rings (SSSR count). The summed E-state index contributed by atoms with van der Waals surface area (Å²) in [6.07, 6.45) is 3.72. The monoisotopic (exact) mass is 427 g/mol. The van der Waals surface area contributed by atoms with Crippen LogP contribution in [0.25, 0.3) is 5.69 Å². The molecule has 1 aliphatic rings. The molecule has 2 aromatic heterocycles. The van der Waals surface area contributed by atoms with Crippen molar-refractivity contribution >= 4 is 18.3 Å². The van der Waals surface area contributed by atoms with Crippen LogP contribution in [-0.4, -0.2) is 44.6 Å². The van der Waals surface area contributed by atoms with Gasteiger partial charge in [0, 0.05) is 56.2 Å². The molecule has 1 N–H and O–H groups in total. The first kappa shape index (κ1) is 22.1. The van der Waals surface area contributed by atoms with Gasteiger partial charge in [-0.15, -0.1) is 12.4 Å². The second kappa shape index (κ2) is 8.66. The van der Waals surface area contributed by atoms with Gasteiger partial charge >= 0.3 is 0 Å². The van der Waals surface area contributed by atoms with Crippen molar-refractivity contribution in [1.29, 1.82) is 0 Å². The number of amides is 1. The van der Waals surface area contributed by atoms with Crippen molar-refractivity contribution in [1.82, 2.24) is 24.3 Å². The van der Waals surface area contributed by atoms with Crippen LogP contribution >= 0.6 is 12.4 Å². The Labute approximate surface area is 184 Å². The molecule has 1 aliphatic heterocycles. The van der Waals surface area contributed by atoms with Gasteiger partial charge in [0.2, 0.25) is 0 Å². The molecule has 0 bridgehead atoms. The molecule has 0 spiro atoms. The van der Waals surface area contributed by atoms with E-state index in [1.807, 2.05) is 35.7 Å². The molecule has 1 saturated heterocycles. The maximum Gasteiger partial charge on any atom is 0.256 e. The average molecular weight is 428 g/mol. The van der Waals surface area contributed by atoms with Gasteiger partial charge in [-0.3, -0.25) is 4.79 Å². The van der Waals surface area contributed by atoms with Crippen LogP contribution in [0.4, 0.5) is 0 Å². The van der Waals surface area contributed by atoms with Crippen LogP contribution in [0.15, 0.2) is 36.7 Å². The molecule has 30 heavy (non-hydrogen) atoms. The maximum absolute atomic E-state index is 13.6. The summed E-state index contributed by atoms with van der Waals surface area (Å²) >= 11 is 0.